The fraction of sp³-hybridized carbons (Fsp3) is 0.217. The molecule has 0 aliphatic heterocycles. The highest BCUT2D eigenvalue weighted by atomic mass is 32.1. The summed E-state index contributed by atoms with van der Waals surface area (Å²) in [5.74, 6) is 0.881. The first kappa shape index (κ1) is 19.2. The number of carbonyl (C=O) groups excluding carboxylic acids is 2. The molecule has 148 valence electrons. The summed E-state index contributed by atoms with van der Waals surface area (Å²) in [6, 6.07) is 16.5. The zero-order valence-corrected chi connectivity index (χ0v) is 17.0. The van der Waals surface area contributed by atoms with E-state index in [1.54, 1.807) is 25.2 Å². The lowest BCUT2D eigenvalue weighted by molar-refractivity contribution is 0.0963. The number of benzene rings is 2. The van der Waals surface area contributed by atoms with E-state index >= 15 is 0 Å². The van der Waals surface area contributed by atoms with Crippen molar-refractivity contribution in [3.8, 4) is 11.5 Å². The minimum absolute atomic E-state index is 0.152. The molecule has 0 fully saturated rings. The van der Waals surface area contributed by atoms with Crippen LogP contribution in [-0.2, 0) is 12.8 Å². The van der Waals surface area contributed by atoms with Gasteiger partial charge in [-0.2, -0.15) is 0 Å². The number of anilines is 1. The van der Waals surface area contributed by atoms with Crippen molar-refractivity contribution in [3.05, 3.63) is 76.2 Å². The molecule has 1 heterocycles. The van der Waals surface area contributed by atoms with Gasteiger partial charge < -0.3 is 15.4 Å². The molecule has 1 aliphatic rings. The number of carbonyl (C=O) groups is 2. The second kappa shape index (κ2) is 8.49. The van der Waals surface area contributed by atoms with Crippen molar-refractivity contribution in [1.82, 2.24) is 5.32 Å². The van der Waals surface area contributed by atoms with Crippen molar-refractivity contribution in [3.63, 3.8) is 0 Å². The van der Waals surface area contributed by atoms with Gasteiger partial charge in [0.25, 0.3) is 11.8 Å². The van der Waals surface area contributed by atoms with Gasteiger partial charge in [0.05, 0.1) is 5.56 Å². The van der Waals surface area contributed by atoms with Crippen molar-refractivity contribution >= 4 is 28.2 Å². The summed E-state index contributed by atoms with van der Waals surface area (Å²) in [5, 5.41) is 6.28. The fourth-order valence-electron chi connectivity index (χ4n) is 3.52. The largest absolute Gasteiger partial charge is 0.457 e. The molecule has 0 unspecified atom stereocenters. The van der Waals surface area contributed by atoms with Crippen molar-refractivity contribution in [2.24, 2.45) is 0 Å². The second-order valence-corrected chi connectivity index (χ2v) is 8.00. The van der Waals surface area contributed by atoms with E-state index in [0.29, 0.717) is 27.6 Å². The summed E-state index contributed by atoms with van der Waals surface area (Å²) >= 11 is 1.51. The van der Waals surface area contributed by atoms with Crippen molar-refractivity contribution < 1.29 is 14.3 Å². The molecule has 4 rings (SSSR count). The Bertz CT molecular complexity index is 1040. The number of aryl methyl sites for hydroxylation is 1. The molecule has 2 N–H and O–H groups in total. The SMILES string of the molecule is CNC(=O)c1c(NC(=O)c2cccc(Oc3ccccc3)c2)sc2c1CCCC2. The molecule has 29 heavy (non-hydrogen) atoms. The lowest BCUT2D eigenvalue weighted by atomic mass is 9.95. The molecule has 0 atom stereocenters. The molecule has 0 radical (unpaired) electrons. The second-order valence-electron chi connectivity index (χ2n) is 6.89. The Morgan fingerprint density at radius 3 is 2.48 bits per heavy atom. The minimum atomic E-state index is -0.257. The Hall–Kier alpha value is -3.12. The summed E-state index contributed by atoms with van der Waals surface area (Å²) in [6.07, 6.45) is 4.03. The molecule has 1 aliphatic carbocycles. The van der Waals surface area contributed by atoms with Crippen LogP contribution in [0.3, 0.4) is 0 Å². The van der Waals surface area contributed by atoms with Crippen LogP contribution >= 0.6 is 11.3 Å². The minimum Gasteiger partial charge on any atom is -0.457 e. The van der Waals surface area contributed by atoms with E-state index in [0.717, 1.165) is 31.2 Å². The number of fused-ring (bicyclic) bond motifs is 1. The zero-order chi connectivity index (χ0) is 20.2. The molecule has 1 aromatic heterocycles. The highest BCUT2D eigenvalue weighted by molar-refractivity contribution is 7.17. The molecular formula is C23H22N2O3S. The number of thiophene rings is 1. The molecule has 5 nitrogen and oxygen atoms in total. The lowest BCUT2D eigenvalue weighted by Gasteiger charge is -2.12. The third-order valence-corrected chi connectivity index (χ3v) is 6.13. The fourth-order valence-corrected chi connectivity index (χ4v) is 4.80. The third-order valence-electron chi connectivity index (χ3n) is 4.93. The van der Waals surface area contributed by atoms with Gasteiger partial charge in [-0.3, -0.25) is 9.59 Å². The van der Waals surface area contributed by atoms with E-state index < -0.39 is 0 Å². The smallest absolute Gasteiger partial charge is 0.256 e. The van der Waals surface area contributed by atoms with Gasteiger partial charge in [-0.15, -0.1) is 11.3 Å². The Kier molecular flexibility index (Phi) is 5.62. The van der Waals surface area contributed by atoms with Crippen LogP contribution in [0.25, 0.3) is 0 Å². The maximum absolute atomic E-state index is 12.9. The maximum atomic E-state index is 12.9. The maximum Gasteiger partial charge on any atom is 0.256 e. The quantitative estimate of drug-likeness (QED) is 0.624. The Balaban J connectivity index is 1.58. The molecular weight excluding hydrogens is 384 g/mol. The number of nitrogens with one attached hydrogen (secondary N) is 2. The lowest BCUT2D eigenvalue weighted by Crippen LogP contribution is -2.22. The first-order chi connectivity index (χ1) is 14.2. The molecule has 0 bridgehead atoms. The molecule has 3 aromatic rings. The average molecular weight is 407 g/mol. The van der Waals surface area contributed by atoms with Gasteiger partial charge in [0.2, 0.25) is 0 Å². The van der Waals surface area contributed by atoms with Gasteiger partial charge in [0, 0.05) is 17.5 Å². The van der Waals surface area contributed by atoms with E-state index in [9.17, 15) is 9.59 Å². The summed E-state index contributed by atoms with van der Waals surface area (Å²) in [4.78, 5) is 26.6. The molecule has 2 amide bonds. The van der Waals surface area contributed by atoms with Gasteiger partial charge >= 0.3 is 0 Å². The summed E-state index contributed by atoms with van der Waals surface area (Å²) in [6.45, 7) is 0. The van der Waals surface area contributed by atoms with E-state index in [2.05, 4.69) is 10.6 Å². The van der Waals surface area contributed by atoms with Gasteiger partial charge in [-0.25, -0.2) is 0 Å². The van der Waals surface area contributed by atoms with Crippen LogP contribution in [0.2, 0.25) is 0 Å². The number of rotatable bonds is 5. The molecule has 6 heteroatoms. The Morgan fingerprint density at radius 2 is 1.69 bits per heavy atom. The predicted octanol–water partition coefficient (Wildman–Crippen LogP) is 5.03. The van der Waals surface area contributed by atoms with Crippen molar-refractivity contribution in [2.45, 2.75) is 25.7 Å². The van der Waals surface area contributed by atoms with Crippen LogP contribution in [0.15, 0.2) is 54.6 Å². The standard InChI is InChI=1S/C23H22N2O3S/c1-24-22(27)20-18-12-5-6-13-19(18)29-23(20)25-21(26)15-8-7-11-17(14-15)28-16-9-3-2-4-10-16/h2-4,7-11,14H,5-6,12-13H2,1H3,(H,24,27)(H,25,26). The van der Waals surface area contributed by atoms with Crippen LogP contribution in [0.5, 0.6) is 11.5 Å². The first-order valence-electron chi connectivity index (χ1n) is 9.66. The number of hydrogen-bond acceptors (Lipinski definition) is 4. The zero-order valence-electron chi connectivity index (χ0n) is 16.2. The number of para-hydroxylation sites is 1. The van der Waals surface area contributed by atoms with Gasteiger partial charge in [0.1, 0.15) is 16.5 Å². The van der Waals surface area contributed by atoms with Crippen molar-refractivity contribution in [2.75, 3.05) is 12.4 Å². The van der Waals surface area contributed by atoms with Crippen LogP contribution in [-0.4, -0.2) is 18.9 Å². The van der Waals surface area contributed by atoms with Gasteiger partial charge in [-0.1, -0.05) is 24.3 Å². The van der Waals surface area contributed by atoms with Crippen LogP contribution in [0.1, 0.15) is 44.0 Å². The topological polar surface area (TPSA) is 67.4 Å². The third kappa shape index (κ3) is 4.17. The summed E-state index contributed by atoms with van der Waals surface area (Å²) in [5.41, 5.74) is 2.17. The average Bonchev–Trinajstić information content (AvgIpc) is 3.12. The molecule has 0 saturated heterocycles. The highest BCUT2D eigenvalue weighted by Gasteiger charge is 2.26. The number of amides is 2. The molecule has 0 saturated carbocycles. The van der Waals surface area contributed by atoms with Gasteiger partial charge in [0.15, 0.2) is 0 Å². The van der Waals surface area contributed by atoms with Crippen LogP contribution in [0.4, 0.5) is 5.00 Å². The number of hydrogen-bond donors (Lipinski definition) is 2. The first-order valence-corrected chi connectivity index (χ1v) is 10.5. The molecule has 0 spiro atoms. The van der Waals surface area contributed by atoms with E-state index in [4.69, 9.17) is 4.74 Å². The normalized spacial score (nSPS) is 12.7. The summed E-state index contributed by atoms with van der Waals surface area (Å²) in [7, 11) is 1.62. The highest BCUT2D eigenvalue weighted by Crippen LogP contribution is 2.38. The monoisotopic (exact) mass is 406 g/mol. The Morgan fingerprint density at radius 1 is 0.931 bits per heavy atom. The molecule has 2 aromatic carbocycles. The van der Waals surface area contributed by atoms with Crippen LogP contribution < -0.4 is 15.4 Å². The van der Waals surface area contributed by atoms with Crippen LogP contribution in [0, 0.1) is 0 Å². The van der Waals surface area contributed by atoms with Gasteiger partial charge in [-0.05, 0) is 61.6 Å². The number of ether oxygens (including phenoxy) is 1. The van der Waals surface area contributed by atoms with E-state index in [1.807, 2.05) is 36.4 Å². The van der Waals surface area contributed by atoms with E-state index in [-0.39, 0.29) is 11.8 Å². The Labute approximate surface area is 173 Å². The summed E-state index contributed by atoms with van der Waals surface area (Å²) < 4.78 is 5.82. The van der Waals surface area contributed by atoms with E-state index in [1.165, 1.54) is 16.2 Å². The van der Waals surface area contributed by atoms with Crippen molar-refractivity contribution in [1.29, 1.82) is 0 Å². The predicted molar refractivity (Wildman–Crippen MR) is 115 cm³/mol.